The molecule has 0 radical (unpaired) electrons. The van der Waals surface area contributed by atoms with Gasteiger partial charge in [0.25, 0.3) is 5.91 Å². The number of benzene rings is 1. The molecule has 3 amide bonds. The van der Waals surface area contributed by atoms with E-state index in [2.05, 4.69) is 16.6 Å². The lowest BCUT2D eigenvalue weighted by Gasteiger charge is -2.15. The van der Waals surface area contributed by atoms with Gasteiger partial charge in [-0.25, -0.2) is 14.4 Å². The van der Waals surface area contributed by atoms with Gasteiger partial charge in [-0.1, -0.05) is 6.08 Å². The van der Waals surface area contributed by atoms with Gasteiger partial charge < -0.3 is 28.7 Å². The van der Waals surface area contributed by atoms with Crippen LogP contribution in [0.25, 0.3) is 6.08 Å². The molecule has 1 aromatic carbocycles. The van der Waals surface area contributed by atoms with Crippen molar-refractivity contribution in [2.75, 3.05) is 27.4 Å². The van der Waals surface area contributed by atoms with E-state index in [1.54, 1.807) is 25.1 Å². The number of nitrogens with one attached hydrogen (secondary N) is 1. The number of carbonyl (C=O) groups is 4. The Kier molecular flexibility index (Phi) is 8.50. The zero-order chi connectivity index (χ0) is 26.2. The molecule has 2 heterocycles. The van der Waals surface area contributed by atoms with Crippen LogP contribution in [-0.2, 0) is 32.0 Å². The minimum absolute atomic E-state index is 0.0338. The fourth-order valence-electron chi connectivity index (χ4n) is 3.43. The van der Waals surface area contributed by atoms with E-state index in [-0.39, 0.29) is 37.0 Å². The third kappa shape index (κ3) is 5.93. The van der Waals surface area contributed by atoms with Crippen LogP contribution in [0.3, 0.4) is 0 Å². The number of hydrogen-bond donors (Lipinski definition) is 1. The van der Waals surface area contributed by atoms with Crippen LogP contribution >= 0.6 is 0 Å². The van der Waals surface area contributed by atoms with Crippen molar-refractivity contribution in [1.82, 2.24) is 10.2 Å². The number of methoxy groups -OCH3 is 2. The molecule has 0 atom stereocenters. The van der Waals surface area contributed by atoms with Gasteiger partial charge in [0.1, 0.15) is 11.5 Å². The molecule has 0 unspecified atom stereocenters. The molecule has 1 aliphatic heterocycles. The Balaban J connectivity index is 1.84. The molecule has 0 saturated carbocycles. The lowest BCUT2D eigenvalue weighted by molar-refractivity contribution is -0.145. The van der Waals surface area contributed by atoms with Crippen molar-refractivity contribution in [3.8, 4) is 11.5 Å². The lowest BCUT2D eigenvalue weighted by atomic mass is 10.0. The zero-order valence-corrected chi connectivity index (χ0v) is 20.1. The minimum Gasteiger partial charge on any atom is -0.493 e. The number of nitrogens with zero attached hydrogens (tertiary/aromatic N) is 1. The number of rotatable bonds is 11. The summed E-state index contributed by atoms with van der Waals surface area (Å²) < 4.78 is 25.9. The second-order valence-corrected chi connectivity index (χ2v) is 7.43. The molecular formula is C25H26N2O9. The van der Waals surface area contributed by atoms with Crippen molar-refractivity contribution in [3.63, 3.8) is 0 Å². The van der Waals surface area contributed by atoms with E-state index < -0.39 is 23.9 Å². The quantitative estimate of drug-likeness (QED) is 0.215. The van der Waals surface area contributed by atoms with E-state index in [9.17, 15) is 19.2 Å². The molecule has 1 aromatic heterocycles. The maximum Gasteiger partial charge on any atom is 0.373 e. The first-order valence-corrected chi connectivity index (χ1v) is 10.9. The fraction of sp³-hybridized carbons (Fsp3) is 0.280. The summed E-state index contributed by atoms with van der Waals surface area (Å²) in [7, 11) is 2.66. The summed E-state index contributed by atoms with van der Waals surface area (Å²) in [5.41, 5.74) is 1.23. The average molecular weight is 498 g/mol. The zero-order valence-electron chi connectivity index (χ0n) is 20.1. The number of amides is 3. The highest BCUT2D eigenvalue weighted by Crippen LogP contribution is 2.34. The predicted octanol–water partition coefficient (Wildman–Crippen LogP) is 2.84. The number of furan rings is 1. The van der Waals surface area contributed by atoms with Gasteiger partial charge in [0.15, 0.2) is 18.1 Å². The van der Waals surface area contributed by atoms with Crippen molar-refractivity contribution in [2.45, 2.75) is 19.9 Å². The van der Waals surface area contributed by atoms with E-state index in [1.807, 2.05) is 0 Å². The summed E-state index contributed by atoms with van der Waals surface area (Å²) in [5, 5.41) is 2.53. The number of urea groups is 1. The van der Waals surface area contributed by atoms with E-state index in [0.717, 1.165) is 4.90 Å². The van der Waals surface area contributed by atoms with Crippen LogP contribution < -0.4 is 14.8 Å². The molecule has 11 nitrogen and oxygen atoms in total. The highest BCUT2D eigenvalue weighted by Gasteiger charge is 2.34. The van der Waals surface area contributed by atoms with E-state index in [4.69, 9.17) is 18.6 Å². The SMILES string of the molecule is C=CCc1cc(/C=C2\NC(=O)N(Cc3ccc(C(=O)OC)o3)C2=O)cc(OC)c1OCC(=O)OCC. The molecule has 1 N–H and O–H groups in total. The number of ether oxygens (including phenoxy) is 4. The summed E-state index contributed by atoms with van der Waals surface area (Å²) in [5.74, 6) is -0.910. The van der Waals surface area contributed by atoms with E-state index >= 15 is 0 Å². The molecule has 0 aliphatic carbocycles. The molecule has 36 heavy (non-hydrogen) atoms. The van der Waals surface area contributed by atoms with Gasteiger partial charge in [-0.15, -0.1) is 6.58 Å². The van der Waals surface area contributed by atoms with Gasteiger partial charge in [0.2, 0.25) is 5.76 Å². The predicted molar refractivity (Wildman–Crippen MR) is 126 cm³/mol. The van der Waals surface area contributed by atoms with Gasteiger partial charge in [-0.2, -0.15) is 0 Å². The Hall–Kier alpha value is -4.54. The standard InChI is InChI=1S/C25H26N2O9/c1-5-7-16-10-15(12-20(32-3)22(16)35-14-21(28)34-6-2)11-18-23(29)27(25(31)26-18)13-17-8-9-19(36-17)24(30)33-4/h5,8-12H,1,6-7,13-14H2,2-4H3,(H,26,31)/b18-11-. The Bertz CT molecular complexity index is 1210. The summed E-state index contributed by atoms with van der Waals surface area (Å²) in [4.78, 5) is 49.6. The third-order valence-electron chi connectivity index (χ3n) is 5.01. The highest BCUT2D eigenvalue weighted by molar-refractivity contribution is 6.13. The topological polar surface area (TPSA) is 134 Å². The molecule has 0 bridgehead atoms. The number of imide groups is 1. The smallest absolute Gasteiger partial charge is 0.373 e. The minimum atomic E-state index is -0.669. The Labute approximate surface area is 207 Å². The number of esters is 2. The summed E-state index contributed by atoms with van der Waals surface area (Å²) in [6.07, 6.45) is 3.53. The van der Waals surface area contributed by atoms with Gasteiger partial charge in [0.05, 0.1) is 27.4 Å². The molecule has 190 valence electrons. The van der Waals surface area contributed by atoms with Crippen LogP contribution in [-0.4, -0.2) is 56.2 Å². The summed E-state index contributed by atoms with van der Waals surface area (Å²) in [6.45, 7) is 5.19. The summed E-state index contributed by atoms with van der Waals surface area (Å²) in [6, 6.07) is 5.58. The van der Waals surface area contributed by atoms with Crippen LogP contribution in [0.4, 0.5) is 4.79 Å². The molecule has 0 spiro atoms. The lowest BCUT2D eigenvalue weighted by Crippen LogP contribution is -2.30. The van der Waals surface area contributed by atoms with Gasteiger partial charge >= 0.3 is 18.0 Å². The molecule has 3 rings (SSSR count). The number of allylic oxidation sites excluding steroid dienone is 1. The third-order valence-corrected chi connectivity index (χ3v) is 5.01. The van der Waals surface area contributed by atoms with E-state index in [1.165, 1.54) is 32.4 Å². The normalized spacial score (nSPS) is 14.0. The first kappa shape index (κ1) is 26.1. The fourth-order valence-corrected chi connectivity index (χ4v) is 3.43. The van der Waals surface area contributed by atoms with Crippen molar-refractivity contribution in [1.29, 1.82) is 0 Å². The first-order chi connectivity index (χ1) is 17.3. The van der Waals surface area contributed by atoms with Crippen LogP contribution in [0.15, 0.2) is 47.0 Å². The summed E-state index contributed by atoms with van der Waals surface area (Å²) >= 11 is 0. The van der Waals surface area contributed by atoms with Gasteiger partial charge in [-0.3, -0.25) is 9.69 Å². The molecule has 1 aliphatic rings. The van der Waals surface area contributed by atoms with Crippen molar-refractivity contribution >= 4 is 30.0 Å². The van der Waals surface area contributed by atoms with Crippen molar-refractivity contribution in [2.24, 2.45) is 0 Å². The molecule has 1 fully saturated rings. The van der Waals surface area contributed by atoms with Crippen LogP contribution in [0.1, 0.15) is 34.4 Å². The van der Waals surface area contributed by atoms with Crippen LogP contribution in [0.5, 0.6) is 11.5 Å². The van der Waals surface area contributed by atoms with E-state index in [0.29, 0.717) is 29.0 Å². The first-order valence-electron chi connectivity index (χ1n) is 10.9. The molecule has 1 saturated heterocycles. The van der Waals surface area contributed by atoms with Gasteiger partial charge in [-0.05, 0) is 49.2 Å². The van der Waals surface area contributed by atoms with Crippen LogP contribution in [0.2, 0.25) is 0 Å². The Morgan fingerprint density at radius 2 is 1.97 bits per heavy atom. The number of carbonyl (C=O) groups excluding carboxylic acids is 4. The monoisotopic (exact) mass is 498 g/mol. The van der Waals surface area contributed by atoms with Crippen molar-refractivity contribution in [3.05, 3.63) is 65.3 Å². The highest BCUT2D eigenvalue weighted by atomic mass is 16.6. The second-order valence-electron chi connectivity index (χ2n) is 7.43. The second kappa shape index (κ2) is 11.7. The maximum atomic E-state index is 12.9. The molecule has 11 heteroatoms. The molecular weight excluding hydrogens is 472 g/mol. The van der Waals surface area contributed by atoms with Gasteiger partial charge in [0, 0.05) is 5.56 Å². The number of hydrogen-bond acceptors (Lipinski definition) is 9. The van der Waals surface area contributed by atoms with Crippen LogP contribution in [0, 0.1) is 0 Å². The van der Waals surface area contributed by atoms with Crippen molar-refractivity contribution < 1.29 is 42.5 Å². The molecule has 2 aromatic rings. The maximum absolute atomic E-state index is 12.9. The Morgan fingerprint density at radius 1 is 1.19 bits per heavy atom. The average Bonchev–Trinajstić information content (AvgIpc) is 3.43. The Morgan fingerprint density at radius 3 is 2.64 bits per heavy atom. The largest absolute Gasteiger partial charge is 0.493 e.